The van der Waals surface area contributed by atoms with Crippen LogP contribution in [0.15, 0.2) is 42.5 Å². The molecule has 0 aliphatic rings. The van der Waals surface area contributed by atoms with E-state index < -0.39 is 0 Å². The van der Waals surface area contributed by atoms with Crippen molar-refractivity contribution in [1.82, 2.24) is 9.97 Å². The second kappa shape index (κ2) is 7.16. The lowest BCUT2D eigenvalue weighted by atomic mass is 10.1. The van der Waals surface area contributed by atoms with E-state index in [0.29, 0.717) is 11.6 Å². The van der Waals surface area contributed by atoms with Crippen molar-refractivity contribution in [2.45, 2.75) is 19.4 Å². The number of para-hydroxylation sites is 1. The highest BCUT2D eigenvalue weighted by Gasteiger charge is 2.07. The molecule has 114 valence electrons. The number of H-pyrrole nitrogens is 1. The van der Waals surface area contributed by atoms with Gasteiger partial charge in [-0.1, -0.05) is 39.7 Å². The number of aromatic amines is 1. The van der Waals surface area contributed by atoms with E-state index in [-0.39, 0.29) is 0 Å². The largest absolute Gasteiger partial charge is 0.486 e. The molecular weight excluding hydrogens is 364 g/mol. The highest BCUT2D eigenvalue weighted by molar-refractivity contribution is 9.09. The molecular formula is C17H16BrClN2O. The summed E-state index contributed by atoms with van der Waals surface area (Å²) in [4.78, 5) is 8.00. The molecule has 2 aromatic carbocycles. The van der Waals surface area contributed by atoms with Crippen molar-refractivity contribution >= 4 is 38.6 Å². The Morgan fingerprint density at radius 3 is 2.73 bits per heavy atom. The summed E-state index contributed by atoms with van der Waals surface area (Å²) in [5.41, 5.74) is 3.37. The highest BCUT2D eigenvalue weighted by atomic mass is 79.9. The smallest absolute Gasteiger partial charge is 0.146 e. The first-order valence-corrected chi connectivity index (χ1v) is 8.67. The summed E-state index contributed by atoms with van der Waals surface area (Å²) in [5, 5.41) is 1.70. The van der Waals surface area contributed by atoms with E-state index in [9.17, 15) is 0 Å². The molecule has 0 spiro atoms. The maximum absolute atomic E-state index is 5.86. The van der Waals surface area contributed by atoms with E-state index in [0.717, 1.165) is 40.8 Å². The van der Waals surface area contributed by atoms with Crippen molar-refractivity contribution in [1.29, 1.82) is 0 Å². The number of alkyl halides is 1. The number of hydrogen-bond donors (Lipinski definition) is 1. The Morgan fingerprint density at radius 2 is 1.95 bits per heavy atom. The zero-order chi connectivity index (χ0) is 15.4. The Labute approximate surface area is 142 Å². The normalized spacial score (nSPS) is 11.0. The molecule has 1 heterocycles. The van der Waals surface area contributed by atoms with Crippen LogP contribution in [0.3, 0.4) is 0 Å². The maximum atomic E-state index is 5.86. The highest BCUT2D eigenvalue weighted by Crippen LogP contribution is 2.20. The van der Waals surface area contributed by atoms with Gasteiger partial charge in [-0.3, -0.25) is 0 Å². The average Bonchev–Trinajstić information content (AvgIpc) is 2.96. The number of rotatable bonds is 6. The molecule has 3 aromatic rings. The summed E-state index contributed by atoms with van der Waals surface area (Å²) >= 11 is 9.34. The van der Waals surface area contributed by atoms with Crippen molar-refractivity contribution in [2.24, 2.45) is 0 Å². The molecule has 0 aliphatic heterocycles. The van der Waals surface area contributed by atoms with Crippen molar-refractivity contribution in [3.63, 3.8) is 0 Å². The third-order valence-corrected chi connectivity index (χ3v) is 4.23. The minimum atomic E-state index is 0.411. The first-order valence-electron chi connectivity index (χ1n) is 7.17. The lowest BCUT2D eigenvalue weighted by Crippen LogP contribution is -1.97. The van der Waals surface area contributed by atoms with Gasteiger partial charge in [-0.15, -0.1) is 0 Å². The van der Waals surface area contributed by atoms with Crippen LogP contribution in [0.25, 0.3) is 11.0 Å². The zero-order valence-electron chi connectivity index (χ0n) is 12.0. The van der Waals surface area contributed by atoms with Gasteiger partial charge in [0.2, 0.25) is 0 Å². The predicted octanol–water partition coefficient (Wildman–Crippen LogP) is 5.12. The zero-order valence-corrected chi connectivity index (χ0v) is 14.3. The van der Waals surface area contributed by atoms with E-state index in [1.165, 1.54) is 5.56 Å². The predicted molar refractivity (Wildman–Crippen MR) is 94.0 cm³/mol. The number of halogens is 2. The molecule has 0 unspecified atom stereocenters. The summed E-state index contributed by atoms with van der Waals surface area (Å²) in [7, 11) is 0. The van der Waals surface area contributed by atoms with E-state index >= 15 is 0 Å². The molecule has 0 amide bonds. The Hall–Kier alpha value is -1.52. The van der Waals surface area contributed by atoms with Crippen molar-refractivity contribution in [2.75, 3.05) is 5.33 Å². The molecule has 1 N–H and O–H groups in total. The van der Waals surface area contributed by atoms with Gasteiger partial charge in [0.25, 0.3) is 0 Å². The van der Waals surface area contributed by atoms with Gasteiger partial charge in [0.1, 0.15) is 18.2 Å². The SMILES string of the molecule is Clc1ccc(OCc2nc3c(CCCBr)cccc3[nH]2)cc1. The first kappa shape index (κ1) is 15.4. The molecule has 0 atom stereocenters. The Morgan fingerprint density at radius 1 is 1.14 bits per heavy atom. The van der Waals surface area contributed by atoms with Gasteiger partial charge in [-0.25, -0.2) is 4.98 Å². The Kier molecular flexibility index (Phi) is 5.01. The fourth-order valence-corrected chi connectivity index (χ4v) is 2.76. The Balaban J connectivity index is 1.75. The van der Waals surface area contributed by atoms with Gasteiger partial charge in [0.05, 0.1) is 11.0 Å². The van der Waals surface area contributed by atoms with Crippen LogP contribution >= 0.6 is 27.5 Å². The Bertz CT molecular complexity index is 755. The molecule has 3 rings (SSSR count). The van der Waals surface area contributed by atoms with Crippen LogP contribution in [0.1, 0.15) is 17.8 Å². The molecule has 0 aliphatic carbocycles. The molecule has 0 bridgehead atoms. The van der Waals surface area contributed by atoms with E-state index in [4.69, 9.17) is 16.3 Å². The number of hydrogen-bond acceptors (Lipinski definition) is 2. The molecule has 1 aromatic heterocycles. The fraction of sp³-hybridized carbons (Fsp3) is 0.235. The summed E-state index contributed by atoms with van der Waals surface area (Å²) in [6.45, 7) is 0.411. The average molecular weight is 380 g/mol. The molecule has 0 radical (unpaired) electrons. The second-order valence-electron chi connectivity index (χ2n) is 5.03. The number of nitrogens with zero attached hydrogens (tertiary/aromatic N) is 1. The summed E-state index contributed by atoms with van der Waals surface area (Å²) in [6, 6.07) is 13.6. The summed E-state index contributed by atoms with van der Waals surface area (Å²) in [6.07, 6.45) is 2.12. The molecule has 0 saturated heterocycles. The third kappa shape index (κ3) is 3.62. The minimum Gasteiger partial charge on any atom is -0.486 e. The summed E-state index contributed by atoms with van der Waals surface area (Å²) < 4.78 is 5.74. The van der Waals surface area contributed by atoms with Crippen molar-refractivity contribution in [3.05, 3.63) is 58.9 Å². The van der Waals surface area contributed by atoms with Crippen LogP contribution in [0, 0.1) is 0 Å². The molecule has 0 saturated carbocycles. The van der Waals surface area contributed by atoms with Crippen LogP contribution in [0.5, 0.6) is 5.75 Å². The van der Waals surface area contributed by atoms with Gasteiger partial charge in [-0.2, -0.15) is 0 Å². The first-order chi connectivity index (χ1) is 10.8. The lowest BCUT2D eigenvalue weighted by molar-refractivity contribution is 0.297. The number of nitrogens with one attached hydrogen (secondary N) is 1. The quantitative estimate of drug-likeness (QED) is 0.603. The van der Waals surface area contributed by atoms with E-state index in [1.54, 1.807) is 0 Å². The number of ether oxygens (including phenoxy) is 1. The van der Waals surface area contributed by atoms with Gasteiger partial charge in [-0.05, 0) is 48.7 Å². The number of aryl methyl sites for hydroxylation is 1. The number of benzene rings is 2. The van der Waals surface area contributed by atoms with Crippen LogP contribution in [0.2, 0.25) is 5.02 Å². The van der Waals surface area contributed by atoms with E-state index in [1.807, 2.05) is 30.3 Å². The van der Waals surface area contributed by atoms with Gasteiger partial charge < -0.3 is 9.72 Å². The van der Waals surface area contributed by atoms with Crippen LogP contribution in [-0.2, 0) is 13.0 Å². The fourth-order valence-electron chi connectivity index (χ4n) is 2.35. The standard InChI is InChI=1S/C17H16BrClN2O/c18-10-2-4-12-3-1-5-15-17(12)21-16(20-15)11-22-14-8-6-13(19)7-9-14/h1,3,5-9H,2,4,10-11H2,(H,20,21). The van der Waals surface area contributed by atoms with Gasteiger partial charge in [0, 0.05) is 10.4 Å². The van der Waals surface area contributed by atoms with Crippen LogP contribution < -0.4 is 4.74 Å². The van der Waals surface area contributed by atoms with E-state index in [2.05, 4.69) is 38.0 Å². The molecule has 0 fully saturated rings. The van der Waals surface area contributed by atoms with Crippen LogP contribution in [0.4, 0.5) is 0 Å². The topological polar surface area (TPSA) is 37.9 Å². The van der Waals surface area contributed by atoms with Crippen molar-refractivity contribution < 1.29 is 4.74 Å². The summed E-state index contributed by atoms with van der Waals surface area (Å²) in [5.74, 6) is 1.61. The van der Waals surface area contributed by atoms with Gasteiger partial charge >= 0.3 is 0 Å². The number of aromatic nitrogens is 2. The monoisotopic (exact) mass is 378 g/mol. The van der Waals surface area contributed by atoms with Gasteiger partial charge in [0.15, 0.2) is 0 Å². The maximum Gasteiger partial charge on any atom is 0.146 e. The second-order valence-corrected chi connectivity index (χ2v) is 6.26. The number of fused-ring (bicyclic) bond motifs is 1. The molecule has 22 heavy (non-hydrogen) atoms. The van der Waals surface area contributed by atoms with Crippen LogP contribution in [-0.4, -0.2) is 15.3 Å². The van der Waals surface area contributed by atoms with Crippen molar-refractivity contribution in [3.8, 4) is 5.75 Å². The number of imidazole rings is 1. The molecule has 5 heteroatoms. The third-order valence-electron chi connectivity index (χ3n) is 3.41. The minimum absolute atomic E-state index is 0.411. The molecule has 3 nitrogen and oxygen atoms in total. The lowest BCUT2D eigenvalue weighted by Gasteiger charge is -2.03.